The Bertz CT molecular complexity index is 933. The number of nitrogens with zero attached hydrogens (tertiary/aromatic N) is 2. The molecule has 0 atom stereocenters. The predicted molar refractivity (Wildman–Crippen MR) is 105 cm³/mol. The van der Waals surface area contributed by atoms with Gasteiger partial charge in [-0.3, -0.25) is 9.48 Å². The number of benzene rings is 1. The third kappa shape index (κ3) is 4.26. The van der Waals surface area contributed by atoms with Gasteiger partial charge in [-0.15, -0.1) is 11.3 Å². The quantitative estimate of drug-likeness (QED) is 0.640. The Hall–Kier alpha value is -2.31. The summed E-state index contributed by atoms with van der Waals surface area (Å²) in [5, 5.41) is 9.74. The molecule has 0 saturated carbocycles. The zero-order chi connectivity index (χ0) is 18.7. The molecule has 5 nitrogen and oxygen atoms in total. The van der Waals surface area contributed by atoms with Gasteiger partial charge in [0, 0.05) is 18.3 Å². The highest BCUT2D eigenvalue weighted by Gasteiger charge is 2.13. The predicted octanol–water partition coefficient (Wildman–Crippen LogP) is 5.07. The summed E-state index contributed by atoms with van der Waals surface area (Å²) in [7, 11) is 0. The van der Waals surface area contributed by atoms with Gasteiger partial charge in [0.25, 0.3) is 5.91 Å². The molecule has 0 saturated heterocycles. The summed E-state index contributed by atoms with van der Waals surface area (Å²) in [5.74, 6) is 0.500. The zero-order valence-corrected chi connectivity index (χ0v) is 16.4. The minimum absolute atomic E-state index is 0.145. The minimum Gasteiger partial charge on any atom is -0.487 e. The van der Waals surface area contributed by atoms with Gasteiger partial charge < -0.3 is 10.1 Å². The lowest BCUT2D eigenvalue weighted by Crippen LogP contribution is -2.10. The fraction of sp³-hybridized carbons (Fsp3) is 0.263. The van der Waals surface area contributed by atoms with Crippen LogP contribution < -0.4 is 10.1 Å². The van der Waals surface area contributed by atoms with Crippen molar-refractivity contribution >= 4 is 34.5 Å². The van der Waals surface area contributed by atoms with Crippen molar-refractivity contribution in [2.24, 2.45) is 0 Å². The maximum Gasteiger partial charge on any atom is 0.265 e. The maximum absolute atomic E-state index is 12.5. The highest BCUT2D eigenvalue weighted by Crippen LogP contribution is 2.27. The Labute approximate surface area is 161 Å². The number of nitrogens with one attached hydrogen (secondary N) is 1. The Morgan fingerprint density at radius 1 is 1.35 bits per heavy atom. The molecule has 0 aliphatic rings. The van der Waals surface area contributed by atoms with Crippen molar-refractivity contribution in [3.63, 3.8) is 0 Å². The van der Waals surface area contributed by atoms with E-state index in [1.165, 1.54) is 11.3 Å². The summed E-state index contributed by atoms with van der Waals surface area (Å²) < 4.78 is 7.58. The van der Waals surface area contributed by atoms with Crippen LogP contribution in [0.1, 0.15) is 33.4 Å². The van der Waals surface area contributed by atoms with Crippen LogP contribution in [0.15, 0.2) is 35.8 Å². The smallest absolute Gasteiger partial charge is 0.265 e. The first-order chi connectivity index (χ1) is 12.5. The number of anilines is 1. The first kappa shape index (κ1) is 18.5. The van der Waals surface area contributed by atoms with E-state index in [4.69, 9.17) is 16.3 Å². The summed E-state index contributed by atoms with van der Waals surface area (Å²) in [6.45, 7) is 6.99. The lowest BCUT2D eigenvalue weighted by Gasteiger charge is -2.07. The fourth-order valence-electron chi connectivity index (χ4n) is 2.44. The Balaban J connectivity index is 1.64. The standard InChI is InChI=1S/C19H20ClN3O2S/c1-4-23-9-16(13(3)22-23)21-19(24)18-8-14(11-26-18)10-25-17-7-12(2)5-6-15(17)20/h5-9,11H,4,10H2,1-3H3,(H,21,24). The highest BCUT2D eigenvalue weighted by molar-refractivity contribution is 7.12. The van der Waals surface area contributed by atoms with Crippen LogP contribution in [0.3, 0.4) is 0 Å². The van der Waals surface area contributed by atoms with Crippen LogP contribution >= 0.6 is 22.9 Å². The van der Waals surface area contributed by atoms with Gasteiger partial charge in [0.2, 0.25) is 0 Å². The van der Waals surface area contributed by atoms with Crippen LogP contribution in [0, 0.1) is 13.8 Å². The molecule has 2 heterocycles. The molecule has 1 amide bonds. The van der Waals surface area contributed by atoms with Gasteiger partial charge in [0.1, 0.15) is 12.4 Å². The molecule has 0 aliphatic carbocycles. The minimum atomic E-state index is -0.145. The molecule has 0 unspecified atom stereocenters. The third-order valence-corrected chi connectivity index (χ3v) is 5.17. The molecule has 1 N–H and O–H groups in total. The number of amides is 1. The van der Waals surface area contributed by atoms with Gasteiger partial charge >= 0.3 is 0 Å². The van der Waals surface area contributed by atoms with Crippen molar-refractivity contribution in [2.45, 2.75) is 33.9 Å². The van der Waals surface area contributed by atoms with E-state index < -0.39 is 0 Å². The van der Waals surface area contributed by atoms with Crippen LogP contribution in [0.4, 0.5) is 5.69 Å². The monoisotopic (exact) mass is 389 g/mol. The number of hydrogen-bond donors (Lipinski definition) is 1. The third-order valence-electron chi connectivity index (χ3n) is 3.88. The van der Waals surface area contributed by atoms with Gasteiger partial charge in [-0.25, -0.2) is 0 Å². The molecular weight excluding hydrogens is 370 g/mol. The topological polar surface area (TPSA) is 56.2 Å². The van der Waals surface area contributed by atoms with E-state index in [1.807, 2.05) is 56.6 Å². The molecule has 136 valence electrons. The summed E-state index contributed by atoms with van der Waals surface area (Å²) in [5.41, 5.74) is 3.54. The molecule has 3 rings (SSSR count). The maximum atomic E-state index is 12.5. The van der Waals surface area contributed by atoms with Crippen molar-refractivity contribution in [1.29, 1.82) is 0 Å². The molecule has 26 heavy (non-hydrogen) atoms. The van der Waals surface area contributed by atoms with E-state index in [1.54, 1.807) is 4.68 Å². The van der Waals surface area contributed by atoms with E-state index in [2.05, 4.69) is 10.4 Å². The summed E-state index contributed by atoms with van der Waals surface area (Å²) in [6.07, 6.45) is 1.84. The van der Waals surface area contributed by atoms with Crippen LogP contribution in [0.2, 0.25) is 5.02 Å². The highest BCUT2D eigenvalue weighted by atomic mass is 35.5. The van der Waals surface area contributed by atoms with Gasteiger partial charge in [0.15, 0.2) is 0 Å². The van der Waals surface area contributed by atoms with E-state index in [9.17, 15) is 4.79 Å². The van der Waals surface area contributed by atoms with Crippen molar-refractivity contribution < 1.29 is 9.53 Å². The first-order valence-corrected chi connectivity index (χ1v) is 9.53. The van der Waals surface area contributed by atoms with E-state index in [0.29, 0.717) is 22.3 Å². The Morgan fingerprint density at radius 2 is 2.15 bits per heavy atom. The number of hydrogen-bond acceptors (Lipinski definition) is 4. The van der Waals surface area contributed by atoms with Crippen molar-refractivity contribution in [2.75, 3.05) is 5.32 Å². The number of aromatic nitrogens is 2. The second kappa shape index (κ2) is 7.93. The molecule has 1 aromatic carbocycles. The van der Waals surface area contributed by atoms with Gasteiger partial charge in [0.05, 0.1) is 21.3 Å². The zero-order valence-electron chi connectivity index (χ0n) is 14.9. The van der Waals surface area contributed by atoms with Crippen molar-refractivity contribution in [1.82, 2.24) is 9.78 Å². The second-order valence-corrected chi connectivity index (χ2v) is 7.30. The van der Waals surface area contributed by atoms with Crippen LogP contribution in [-0.2, 0) is 13.2 Å². The van der Waals surface area contributed by atoms with Crippen LogP contribution in [0.25, 0.3) is 0 Å². The summed E-state index contributed by atoms with van der Waals surface area (Å²) in [6, 6.07) is 7.49. The SMILES string of the molecule is CCn1cc(NC(=O)c2cc(COc3cc(C)ccc3Cl)cs2)c(C)n1. The fourth-order valence-corrected chi connectivity index (χ4v) is 3.40. The van der Waals surface area contributed by atoms with Gasteiger partial charge in [-0.05, 0) is 49.9 Å². The molecule has 0 aliphatic heterocycles. The van der Waals surface area contributed by atoms with Gasteiger partial charge in [-0.1, -0.05) is 17.7 Å². The number of carbonyl (C=O) groups is 1. The number of halogens is 1. The molecule has 3 aromatic rings. The normalized spacial score (nSPS) is 10.8. The Morgan fingerprint density at radius 3 is 2.88 bits per heavy atom. The van der Waals surface area contributed by atoms with Crippen molar-refractivity contribution in [3.8, 4) is 5.75 Å². The average Bonchev–Trinajstić information content (AvgIpc) is 3.23. The van der Waals surface area contributed by atoms with E-state index in [-0.39, 0.29) is 5.91 Å². The number of aryl methyl sites for hydroxylation is 3. The Kier molecular flexibility index (Phi) is 5.64. The molecule has 2 aromatic heterocycles. The van der Waals surface area contributed by atoms with Gasteiger partial charge in [-0.2, -0.15) is 5.10 Å². The number of ether oxygens (including phenoxy) is 1. The molecule has 0 bridgehead atoms. The van der Waals surface area contributed by atoms with Crippen molar-refractivity contribution in [3.05, 3.63) is 62.6 Å². The van der Waals surface area contributed by atoms with E-state index >= 15 is 0 Å². The summed E-state index contributed by atoms with van der Waals surface area (Å²) in [4.78, 5) is 13.1. The molecule has 0 fully saturated rings. The summed E-state index contributed by atoms with van der Waals surface area (Å²) >= 11 is 7.53. The van der Waals surface area contributed by atoms with E-state index in [0.717, 1.165) is 29.1 Å². The number of rotatable bonds is 6. The average molecular weight is 390 g/mol. The number of carbonyl (C=O) groups excluding carboxylic acids is 1. The molecule has 0 radical (unpaired) electrons. The van der Waals surface area contributed by atoms with Crippen LogP contribution in [-0.4, -0.2) is 15.7 Å². The van der Waals surface area contributed by atoms with Crippen LogP contribution in [0.5, 0.6) is 5.75 Å². The molecule has 7 heteroatoms. The second-order valence-electron chi connectivity index (χ2n) is 5.98. The molecule has 0 spiro atoms. The largest absolute Gasteiger partial charge is 0.487 e. The lowest BCUT2D eigenvalue weighted by molar-refractivity contribution is 0.103. The number of thiophene rings is 1. The molecular formula is C19H20ClN3O2S. The lowest BCUT2D eigenvalue weighted by atomic mass is 10.2. The first-order valence-electron chi connectivity index (χ1n) is 8.28.